The highest BCUT2D eigenvalue weighted by Gasteiger charge is 2.22. The summed E-state index contributed by atoms with van der Waals surface area (Å²) in [6.45, 7) is 2.35. The number of piperidine rings is 1. The molecule has 1 saturated heterocycles. The lowest BCUT2D eigenvalue weighted by Crippen LogP contribution is -2.41. The van der Waals surface area contributed by atoms with E-state index in [0.717, 1.165) is 25.9 Å². The highest BCUT2D eigenvalue weighted by molar-refractivity contribution is 5.93. The quantitative estimate of drug-likeness (QED) is 0.883. The first-order valence-electron chi connectivity index (χ1n) is 7.36. The van der Waals surface area contributed by atoms with Crippen LogP contribution in [0.2, 0.25) is 0 Å². The number of nitrogens with one attached hydrogen (secondary N) is 1. The van der Waals surface area contributed by atoms with Crippen molar-refractivity contribution in [2.45, 2.75) is 12.8 Å². The van der Waals surface area contributed by atoms with E-state index in [2.05, 4.69) is 20.2 Å². The topological polar surface area (TPSA) is 97.3 Å². The van der Waals surface area contributed by atoms with Crippen LogP contribution in [-0.2, 0) is 0 Å². The molecule has 0 saturated carbocycles. The molecule has 0 aliphatic carbocycles. The molecule has 3 heterocycles. The van der Waals surface area contributed by atoms with E-state index < -0.39 is 0 Å². The van der Waals surface area contributed by atoms with Crippen molar-refractivity contribution in [1.82, 2.24) is 15.3 Å². The Labute approximate surface area is 128 Å². The molecule has 3 rings (SSSR count). The van der Waals surface area contributed by atoms with Gasteiger partial charge in [-0.1, -0.05) is 0 Å². The summed E-state index contributed by atoms with van der Waals surface area (Å²) >= 11 is 0. The van der Waals surface area contributed by atoms with E-state index >= 15 is 0 Å². The second-order valence-corrected chi connectivity index (χ2v) is 5.46. The minimum atomic E-state index is -0.105. The summed E-state index contributed by atoms with van der Waals surface area (Å²) in [5.41, 5.74) is 6.26. The van der Waals surface area contributed by atoms with Gasteiger partial charge in [-0.3, -0.25) is 4.79 Å². The number of hydrogen-bond acceptors (Lipinski definition) is 6. The molecule has 3 N–H and O–H groups in total. The highest BCUT2D eigenvalue weighted by atomic mass is 16.3. The molecule has 1 amide bonds. The highest BCUT2D eigenvalue weighted by Crippen LogP contribution is 2.20. The molecule has 1 aliphatic rings. The summed E-state index contributed by atoms with van der Waals surface area (Å²) < 4.78 is 4.92. The van der Waals surface area contributed by atoms with Crippen molar-refractivity contribution >= 4 is 17.7 Å². The van der Waals surface area contributed by atoms with Crippen molar-refractivity contribution in [3.05, 3.63) is 36.4 Å². The summed E-state index contributed by atoms with van der Waals surface area (Å²) in [7, 11) is 0. The minimum absolute atomic E-state index is 0.105. The van der Waals surface area contributed by atoms with Crippen molar-refractivity contribution in [3.63, 3.8) is 0 Å². The number of carbonyl (C=O) groups is 1. The van der Waals surface area contributed by atoms with Crippen molar-refractivity contribution in [2.24, 2.45) is 5.92 Å². The second kappa shape index (κ2) is 6.46. The predicted octanol–water partition coefficient (Wildman–Crippen LogP) is 1.30. The Bertz CT molecular complexity index is 629. The Morgan fingerprint density at radius 2 is 2.41 bits per heavy atom. The number of furan rings is 1. The van der Waals surface area contributed by atoms with Gasteiger partial charge in [-0.2, -0.15) is 4.98 Å². The molecule has 0 aromatic carbocycles. The van der Waals surface area contributed by atoms with Gasteiger partial charge in [0.1, 0.15) is 12.1 Å². The largest absolute Gasteiger partial charge is 0.472 e. The maximum atomic E-state index is 11.9. The van der Waals surface area contributed by atoms with E-state index in [-0.39, 0.29) is 5.91 Å². The van der Waals surface area contributed by atoms with Gasteiger partial charge < -0.3 is 20.4 Å². The first-order chi connectivity index (χ1) is 10.7. The monoisotopic (exact) mass is 301 g/mol. The molecule has 2 aromatic heterocycles. The number of rotatable bonds is 4. The van der Waals surface area contributed by atoms with Crippen LogP contribution < -0.4 is 16.0 Å². The minimum Gasteiger partial charge on any atom is -0.472 e. The molecular formula is C15H19N5O2. The van der Waals surface area contributed by atoms with Gasteiger partial charge in [-0.25, -0.2) is 4.98 Å². The van der Waals surface area contributed by atoms with Gasteiger partial charge >= 0.3 is 0 Å². The number of carbonyl (C=O) groups excluding carboxylic acids is 1. The van der Waals surface area contributed by atoms with Gasteiger partial charge in [0.05, 0.1) is 11.8 Å². The Morgan fingerprint density at radius 1 is 1.50 bits per heavy atom. The van der Waals surface area contributed by atoms with Crippen LogP contribution in [0.3, 0.4) is 0 Å². The lowest BCUT2D eigenvalue weighted by Gasteiger charge is -2.32. The van der Waals surface area contributed by atoms with Gasteiger partial charge in [-0.15, -0.1) is 0 Å². The van der Waals surface area contributed by atoms with E-state index in [1.165, 1.54) is 12.5 Å². The van der Waals surface area contributed by atoms with Gasteiger partial charge in [0.25, 0.3) is 5.91 Å². The average Bonchev–Trinajstić information content (AvgIpc) is 3.07. The van der Waals surface area contributed by atoms with Crippen LogP contribution >= 0.6 is 0 Å². The number of aromatic nitrogens is 2. The van der Waals surface area contributed by atoms with E-state index in [9.17, 15) is 4.79 Å². The summed E-state index contributed by atoms with van der Waals surface area (Å²) in [6, 6.07) is 3.33. The van der Waals surface area contributed by atoms with E-state index in [0.29, 0.717) is 29.8 Å². The Morgan fingerprint density at radius 3 is 3.18 bits per heavy atom. The molecule has 0 spiro atoms. The summed E-state index contributed by atoms with van der Waals surface area (Å²) in [5.74, 6) is 1.40. The zero-order valence-electron chi connectivity index (χ0n) is 12.2. The molecule has 1 aliphatic heterocycles. The molecule has 22 heavy (non-hydrogen) atoms. The number of nitrogens with two attached hydrogens (primary N) is 1. The zero-order chi connectivity index (χ0) is 15.4. The average molecular weight is 301 g/mol. The summed E-state index contributed by atoms with van der Waals surface area (Å²) in [6.07, 6.45) is 6.73. The lowest BCUT2D eigenvalue weighted by atomic mass is 9.98. The molecule has 2 aromatic rings. The maximum Gasteiger partial charge on any atom is 0.254 e. The van der Waals surface area contributed by atoms with Gasteiger partial charge in [-0.05, 0) is 30.9 Å². The molecule has 1 fully saturated rings. The molecule has 7 nitrogen and oxygen atoms in total. The Kier molecular flexibility index (Phi) is 4.22. The zero-order valence-corrected chi connectivity index (χ0v) is 12.2. The number of amides is 1. The van der Waals surface area contributed by atoms with Crippen molar-refractivity contribution in [2.75, 3.05) is 30.3 Å². The van der Waals surface area contributed by atoms with Crippen molar-refractivity contribution in [3.8, 4) is 0 Å². The fourth-order valence-corrected chi connectivity index (χ4v) is 2.66. The van der Waals surface area contributed by atoms with E-state index in [1.54, 1.807) is 18.3 Å². The van der Waals surface area contributed by atoms with Gasteiger partial charge in [0.2, 0.25) is 5.95 Å². The van der Waals surface area contributed by atoms with Crippen molar-refractivity contribution in [1.29, 1.82) is 0 Å². The number of hydrogen-bond donors (Lipinski definition) is 2. The molecule has 1 atom stereocenters. The third-order valence-corrected chi connectivity index (χ3v) is 3.80. The second-order valence-electron chi connectivity index (χ2n) is 5.46. The van der Waals surface area contributed by atoms with Crippen LogP contribution in [0.15, 0.2) is 35.3 Å². The van der Waals surface area contributed by atoms with Crippen molar-refractivity contribution < 1.29 is 9.21 Å². The molecule has 0 radical (unpaired) electrons. The molecule has 7 heteroatoms. The first kappa shape index (κ1) is 14.4. The standard InChI is InChI=1S/C15H19N5O2/c16-13-3-5-17-15(19-13)20-6-1-2-11(9-20)8-18-14(21)12-4-7-22-10-12/h3-5,7,10-11H,1-2,6,8-9H2,(H,18,21)(H2,16,17,19). The first-order valence-corrected chi connectivity index (χ1v) is 7.36. The van der Waals surface area contributed by atoms with Crippen LogP contribution in [-0.4, -0.2) is 35.5 Å². The van der Waals surface area contributed by atoms with Gasteiger partial charge in [0, 0.05) is 25.8 Å². The number of nitrogens with zero attached hydrogens (tertiary/aromatic N) is 3. The SMILES string of the molecule is Nc1ccnc(N2CCCC(CNC(=O)c3ccoc3)C2)n1. The van der Waals surface area contributed by atoms with E-state index in [4.69, 9.17) is 10.2 Å². The predicted molar refractivity (Wildman–Crippen MR) is 82.4 cm³/mol. The normalized spacial score (nSPS) is 18.2. The van der Waals surface area contributed by atoms with E-state index in [1.807, 2.05) is 0 Å². The fraction of sp³-hybridized carbons (Fsp3) is 0.400. The number of nitrogen functional groups attached to an aromatic ring is 1. The summed E-state index contributed by atoms with van der Waals surface area (Å²) in [5, 5.41) is 2.95. The van der Waals surface area contributed by atoms with Crippen LogP contribution in [0.25, 0.3) is 0 Å². The fourth-order valence-electron chi connectivity index (χ4n) is 2.66. The lowest BCUT2D eigenvalue weighted by molar-refractivity contribution is 0.0945. The van der Waals surface area contributed by atoms with Crippen LogP contribution in [0.4, 0.5) is 11.8 Å². The summed E-state index contributed by atoms with van der Waals surface area (Å²) in [4.78, 5) is 22.6. The van der Waals surface area contributed by atoms with Crippen LogP contribution in [0.1, 0.15) is 23.2 Å². The molecule has 0 bridgehead atoms. The van der Waals surface area contributed by atoms with Gasteiger partial charge in [0.15, 0.2) is 0 Å². The number of anilines is 2. The van der Waals surface area contributed by atoms with Crippen LogP contribution in [0, 0.1) is 5.92 Å². The molecule has 1 unspecified atom stereocenters. The third-order valence-electron chi connectivity index (χ3n) is 3.80. The Hall–Kier alpha value is -2.57. The Balaban J connectivity index is 1.56. The third kappa shape index (κ3) is 3.36. The molecule has 116 valence electrons. The maximum absolute atomic E-state index is 11.9. The smallest absolute Gasteiger partial charge is 0.254 e. The van der Waals surface area contributed by atoms with Crippen LogP contribution in [0.5, 0.6) is 0 Å². The molecular weight excluding hydrogens is 282 g/mol.